The Morgan fingerprint density at radius 2 is 1.77 bits per heavy atom. The quantitative estimate of drug-likeness (QED) is 0.488. The third-order valence-corrected chi connectivity index (χ3v) is 5.61. The second-order valence-corrected chi connectivity index (χ2v) is 6.98. The minimum absolute atomic E-state index is 0.00714. The van der Waals surface area contributed by atoms with Crippen LogP contribution >= 0.6 is 0 Å². The van der Waals surface area contributed by atoms with Crippen molar-refractivity contribution in [3.63, 3.8) is 0 Å². The highest BCUT2D eigenvalue weighted by Crippen LogP contribution is 2.43. The normalized spacial score (nSPS) is 16.7. The van der Waals surface area contributed by atoms with Crippen molar-refractivity contribution in [2.24, 2.45) is 0 Å². The molecule has 26 heavy (non-hydrogen) atoms. The highest BCUT2D eigenvalue weighted by Gasteiger charge is 2.27. The van der Waals surface area contributed by atoms with Crippen molar-refractivity contribution >= 4 is 21.5 Å². The molecule has 1 unspecified atom stereocenters. The predicted molar refractivity (Wildman–Crippen MR) is 103 cm³/mol. The summed E-state index contributed by atoms with van der Waals surface area (Å²) >= 11 is 0. The third-order valence-electron chi connectivity index (χ3n) is 5.61. The first-order valence-corrected chi connectivity index (χ1v) is 8.98. The minimum atomic E-state index is -0.666. The van der Waals surface area contributed by atoms with Crippen LogP contribution in [-0.4, -0.2) is 5.11 Å². The van der Waals surface area contributed by atoms with E-state index in [0.29, 0.717) is 5.56 Å². The number of aromatic hydroxyl groups is 1. The van der Waals surface area contributed by atoms with Crippen LogP contribution in [0, 0.1) is 0 Å². The van der Waals surface area contributed by atoms with Gasteiger partial charge in [-0.15, -0.1) is 0 Å². The summed E-state index contributed by atoms with van der Waals surface area (Å²) in [5.74, 6) is -0.254. The van der Waals surface area contributed by atoms with Gasteiger partial charge in [0.15, 0.2) is 0 Å². The van der Waals surface area contributed by atoms with Gasteiger partial charge in [0.05, 0.1) is 6.26 Å². The SMILES string of the molecule is O=c1occc(C2CCCc3ccc4c(ccc5ccccc54)c32)c1O. The topological polar surface area (TPSA) is 50.4 Å². The number of rotatable bonds is 1. The Kier molecular flexibility index (Phi) is 3.35. The zero-order valence-electron chi connectivity index (χ0n) is 14.2. The molecule has 1 aromatic heterocycles. The molecule has 0 bridgehead atoms. The molecule has 1 heterocycles. The summed E-state index contributed by atoms with van der Waals surface area (Å²) in [5.41, 5.74) is 2.54. The van der Waals surface area contributed by atoms with Crippen LogP contribution < -0.4 is 5.63 Å². The van der Waals surface area contributed by atoms with E-state index in [1.165, 1.54) is 38.9 Å². The van der Waals surface area contributed by atoms with Crippen LogP contribution in [0.1, 0.15) is 35.4 Å². The summed E-state index contributed by atoms with van der Waals surface area (Å²) in [4.78, 5) is 11.8. The van der Waals surface area contributed by atoms with E-state index in [0.717, 1.165) is 19.3 Å². The lowest BCUT2D eigenvalue weighted by molar-refractivity contribution is 0.400. The summed E-state index contributed by atoms with van der Waals surface area (Å²) in [7, 11) is 0. The molecule has 3 aromatic carbocycles. The Bertz CT molecular complexity index is 1200. The predicted octanol–water partition coefficient (Wildman–Crippen LogP) is 5.12. The van der Waals surface area contributed by atoms with Crippen molar-refractivity contribution in [3.8, 4) is 5.75 Å². The van der Waals surface area contributed by atoms with E-state index in [1.807, 2.05) is 0 Å². The van der Waals surface area contributed by atoms with Crippen molar-refractivity contribution in [1.29, 1.82) is 0 Å². The zero-order valence-corrected chi connectivity index (χ0v) is 14.2. The molecule has 4 aromatic rings. The molecule has 0 radical (unpaired) electrons. The van der Waals surface area contributed by atoms with Gasteiger partial charge in [-0.25, -0.2) is 4.79 Å². The molecule has 0 amide bonds. The van der Waals surface area contributed by atoms with E-state index >= 15 is 0 Å². The molecule has 0 spiro atoms. The van der Waals surface area contributed by atoms with E-state index in [4.69, 9.17) is 4.42 Å². The van der Waals surface area contributed by atoms with Gasteiger partial charge in [0.1, 0.15) is 0 Å². The Balaban J connectivity index is 1.84. The first kappa shape index (κ1) is 15.2. The van der Waals surface area contributed by atoms with Crippen molar-refractivity contribution in [2.75, 3.05) is 0 Å². The molecular formula is C23H18O3. The van der Waals surface area contributed by atoms with Crippen molar-refractivity contribution in [3.05, 3.63) is 88.0 Å². The smallest absolute Gasteiger partial charge is 0.378 e. The van der Waals surface area contributed by atoms with Gasteiger partial charge in [-0.3, -0.25) is 0 Å². The fraction of sp³-hybridized carbons (Fsp3) is 0.174. The van der Waals surface area contributed by atoms with Gasteiger partial charge in [0.25, 0.3) is 0 Å². The zero-order chi connectivity index (χ0) is 17.7. The summed E-state index contributed by atoms with van der Waals surface area (Å²) in [5, 5.41) is 15.2. The van der Waals surface area contributed by atoms with Gasteiger partial charge < -0.3 is 9.52 Å². The fourth-order valence-electron chi connectivity index (χ4n) is 4.44. The van der Waals surface area contributed by atoms with E-state index in [2.05, 4.69) is 48.5 Å². The van der Waals surface area contributed by atoms with E-state index in [9.17, 15) is 9.90 Å². The van der Waals surface area contributed by atoms with Gasteiger partial charge in [-0.2, -0.15) is 0 Å². The highest BCUT2D eigenvalue weighted by molar-refractivity contribution is 6.09. The minimum Gasteiger partial charge on any atom is -0.502 e. The molecule has 1 N–H and O–H groups in total. The number of aryl methyl sites for hydroxylation is 1. The molecule has 0 saturated heterocycles. The Morgan fingerprint density at radius 1 is 0.923 bits per heavy atom. The molecule has 0 aliphatic heterocycles. The first-order chi connectivity index (χ1) is 12.7. The molecule has 128 valence electrons. The van der Waals surface area contributed by atoms with Crippen LogP contribution in [0.15, 0.2) is 70.1 Å². The van der Waals surface area contributed by atoms with Crippen LogP contribution in [-0.2, 0) is 6.42 Å². The molecular weight excluding hydrogens is 324 g/mol. The molecule has 5 rings (SSSR count). The monoisotopic (exact) mass is 342 g/mol. The van der Waals surface area contributed by atoms with Crippen molar-refractivity contribution in [2.45, 2.75) is 25.2 Å². The Hall–Kier alpha value is -3.07. The molecule has 0 saturated carbocycles. The largest absolute Gasteiger partial charge is 0.502 e. The summed E-state index contributed by atoms with van der Waals surface area (Å²) < 4.78 is 4.82. The van der Waals surface area contributed by atoms with Crippen LogP contribution in [0.2, 0.25) is 0 Å². The second kappa shape index (κ2) is 5.73. The maximum Gasteiger partial charge on any atom is 0.378 e. The Morgan fingerprint density at radius 3 is 2.69 bits per heavy atom. The highest BCUT2D eigenvalue weighted by atomic mass is 16.4. The molecule has 0 fully saturated rings. The van der Waals surface area contributed by atoms with Gasteiger partial charge in [0.2, 0.25) is 5.75 Å². The van der Waals surface area contributed by atoms with Crippen LogP contribution in [0.3, 0.4) is 0 Å². The molecule has 1 aliphatic rings. The van der Waals surface area contributed by atoms with Crippen LogP contribution in [0.5, 0.6) is 5.75 Å². The van der Waals surface area contributed by atoms with Gasteiger partial charge in [-0.1, -0.05) is 48.5 Å². The van der Waals surface area contributed by atoms with Gasteiger partial charge in [0, 0.05) is 11.5 Å². The van der Waals surface area contributed by atoms with Crippen molar-refractivity contribution < 1.29 is 9.52 Å². The van der Waals surface area contributed by atoms with Gasteiger partial charge in [-0.05, 0) is 58.0 Å². The molecule has 3 heteroatoms. The van der Waals surface area contributed by atoms with Crippen LogP contribution in [0.4, 0.5) is 0 Å². The van der Waals surface area contributed by atoms with Crippen molar-refractivity contribution in [1.82, 2.24) is 0 Å². The third kappa shape index (κ3) is 2.17. The van der Waals surface area contributed by atoms with Gasteiger partial charge >= 0.3 is 5.63 Å². The summed E-state index contributed by atoms with van der Waals surface area (Å²) in [6, 6.07) is 18.9. The lowest BCUT2D eigenvalue weighted by Gasteiger charge is -2.28. The maximum atomic E-state index is 11.8. The molecule has 1 aliphatic carbocycles. The average molecular weight is 342 g/mol. The number of benzene rings is 3. The average Bonchev–Trinajstić information content (AvgIpc) is 2.69. The molecule has 3 nitrogen and oxygen atoms in total. The second-order valence-electron chi connectivity index (χ2n) is 6.98. The first-order valence-electron chi connectivity index (χ1n) is 8.98. The number of hydrogen-bond acceptors (Lipinski definition) is 3. The van der Waals surface area contributed by atoms with E-state index in [-0.39, 0.29) is 11.7 Å². The Labute approximate surface area is 150 Å². The lowest BCUT2D eigenvalue weighted by Crippen LogP contribution is -2.14. The number of fused-ring (bicyclic) bond motifs is 5. The summed E-state index contributed by atoms with van der Waals surface area (Å²) in [6.07, 6.45) is 4.36. The van der Waals surface area contributed by atoms with Crippen LogP contribution in [0.25, 0.3) is 21.5 Å². The standard InChI is InChI=1S/C23H18O3/c24-22-20(12-13-26-23(22)25)18-7-3-5-15-9-10-17-16-6-2-1-4-14(16)8-11-19(17)21(15)18/h1-2,4,6,8-13,18,24H,3,5,7H2. The summed E-state index contributed by atoms with van der Waals surface area (Å²) in [6.45, 7) is 0. The maximum absolute atomic E-state index is 11.8. The number of hydrogen-bond donors (Lipinski definition) is 1. The van der Waals surface area contributed by atoms with E-state index in [1.54, 1.807) is 6.07 Å². The van der Waals surface area contributed by atoms with E-state index < -0.39 is 5.63 Å². The fourth-order valence-corrected chi connectivity index (χ4v) is 4.44. The molecule has 1 atom stereocenters. The lowest BCUT2D eigenvalue weighted by atomic mass is 9.76.